The van der Waals surface area contributed by atoms with E-state index >= 15 is 0 Å². The minimum Gasteiger partial charge on any atom is -0.396 e. The highest BCUT2D eigenvalue weighted by Crippen LogP contribution is 2.17. The van der Waals surface area contributed by atoms with E-state index in [1.54, 1.807) is 0 Å². The third-order valence-corrected chi connectivity index (χ3v) is 5.37. The Labute approximate surface area is 168 Å². The SMILES string of the molecule is CC(C)=CCCC(C)=CCCC(C)=CCN1CCN(CC(C)(C)CO)CC1. The van der Waals surface area contributed by atoms with E-state index in [0.717, 1.165) is 45.7 Å². The van der Waals surface area contributed by atoms with Crippen molar-refractivity contribution in [3.8, 4) is 0 Å². The number of aliphatic hydroxyl groups is 1. The molecule has 1 N–H and O–H groups in total. The van der Waals surface area contributed by atoms with Gasteiger partial charge in [-0.15, -0.1) is 0 Å². The fourth-order valence-corrected chi connectivity index (χ4v) is 3.41. The number of nitrogens with zero attached hydrogens (tertiary/aromatic N) is 2. The molecule has 1 fully saturated rings. The number of allylic oxidation sites excluding steroid dienone is 5. The maximum absolute atomic E-state index is 9.44. The highest BCUT2D eigenvalue weighted by atomic mass is 16.3. The quantitative estimate of drug-likeness (QED) is 0.512. The van der Waals surface area contributed by atoms with Crippen molar-refractivity contribution in [2.75, 3.05) is 45.9 Å². The zero-order chi connectivity index (χ0) is 20.3. The summed E-state index contributed by atoms with van der Waals surface area (Å²) in [6.45, 7) is 20.0. The molecule has 0 atom stereocenters. The lowest BCUT2D eigenvalue weighted by atomic mass is 9.94. The van der Waals surface area contributed by atoms with Crippen molar-refractivity contribution >= 4 is 0 Å². The Morgan fingerprint density at radius 3 is 1.89 bits per heavy atom. The van der Waals surface area contributed by atoms with Gasteiger partial charge in [0.15, 0.2) is 0 Å². The van der Waals surface area contributed by atoms with Gasteiger partial charge in [-0.25, -0.2) is 0 Å². The Morgan fingerprint density at radius 1 is 0.815 bits per heavy atom. The molecule has 0 radical (unpaired) electrons. The predicted octanol–water partition coefficient (Wildman–Crippen LogP) is 5.04. The van der Waals surface area contributed by atoms with Crippen LogP contribution in [0, 0.1) is 5.41 Å². The maximum atomic E-state index is 9.44. The molecule has 1 saturated heterocycles. The van der Waals surface area contributed by atoms with Crippen LogP contribution in [-0.2, 0) is 0 Å². The van der Waals surface area contributed by atoms with Gasteiger partial charge in [0.1, 0.15) is 0 Å². The molecule has 0 bridgehead atoms. The van der Waals surface area contributed by atoms with Crippen LogP contribution in [0.1, 0.15) is 67.2 Å². The number of hydrogen-bond acceptors (Lipinski definition) is 3. The Balaban J connectivity index is 2.24. The van der Waals surface area contributed by atoms with Crippen LogP contribution in [0.15, 0.2) is 34.9 Å². The van der Waals surface area contributed by atoms with Crippen LogP contribution in [0.2, 0.25) is 0 Å². The molecule has 0 aliphatic carbocycles. The summed E-state index contributed by atoms with van der Waals surface area (Å²) >= 11 is 0. The monoisotopic (exact) mass is 376 g/mol. The highest BCUT2D eigenvalue weighted by Gasteiger charge is 2.23. The Bertz CT molecular complexity index is 504. The van der Waals surface area contributed by atoms with Gasteiger partial charge in [0.05, 0.1) is 0 Å². The van der Waals surface area contributed by atoms with Crippen molar-refractivity contribution in [3.05, 3.63) is 34.9 Å². The average molecular weight is 377 g/mol. The minimum atomic E-state index is 0.00989. The second-order valence-corrected chi connectivity index (χ2v) is 9.36. The van der Waals surface area contributed by atoms with E-state index in [1.165, 1.54) is 36.0 Å². The second-order valence-electron chi connectivity index (χ2n) is 9.36. The van der Waals surface area contributed by atoms with Gasteiger partial charge >= 0.3 is 0 Å². The van der Waals surface area contributed by atoms with Gasteiger partial charge in [-0.05, 0) is 53.4 Å². The summed E-state index contributed by atoms with van der Waals surface area (Å²) in [7, 11) is 0. The second kappa shape index (κ2) is 12.5. The first-order valence-corrected chi connectivity index (χ1v) is 10.7. The predicted molar refractivity (Wildman–Crippen MR) is 119 cm³/mol. The van der Waals surface area contributed by atoms with E-state index in [2.05, 4.69) is 69.6 Å². The molecular weight excluding hydrogens is 332 g/mol. The molecule has 27 heavy (non-hydrogen) atoms. The van der Waals surface area contributed by atoms with Gasteiger partial charge < -0.3 is 10.0 Å². The first-order chi connectivity index (χ1) is 12.7. The van der Waals surface area contributed by atoms with Gasteiger partial charge in [-0.1, -0.05) is 48.8 Å². The van der Waals surface area contributed by atoms with Crippen molar-refractivity contribution in [1.82, 2.24) is 9.80 Å². The van der Waals surface area contributed by atoms with Crippen LogP contribution in [-0.4, -0.2) is 60.8 Å². The first-order valence-electron chi connectivity index (χ1n) is 10.7. The maximum Gasteiger partial charge on any atom is 0.0494 e. The molecule has 1 heterocycles. The molecule has 1 aliphatic rings. The molecule has 0 aromatic carbocycles. The standard InChI is InChI=1S/C24H44N2O/c1-21(2)9-7-10-22(3)11-8-12-23(4)13-14-25-15-17-26(18-16-25)19-24(5,6)20-27/h9,11,13,27H,7-8,10,12,14-20H2,1-6H3. The lowest BCUT2D eigenvalue weighted by Crippen LogP contribution is -2.49. The largest absolute Gasteiger partial charge is 0.396 e. The van der Waals surface area contributed by atoms with E-state index in [-0.39, 0.29) is 12.0 Å². The van der Waals surface area contributed by atoms with Crippen molar-refractivity contribution in [1.29, 1.82) is 0 Å². The van der Waals surface area contributed by atoms with Gasteiger partial charge in [0.2, 0.25) is 0 Å². The lowest BCUT2D eigenvalue weighted by molar-refractivity contribution is 0.0696. The molecular formula is C24H44N2O. The number of piperazine rings is 1. The lowest BCUT2D eigenvalue weighted by Gasteiger charge is -2.38. The van der Waals surface area contributed by atoms with Gasteiger partial charge in [0.25, 0.3) is 0 Å². The summed E-state index contributed by atoms with van der Waals surface area (Å²) in [6, 6.07) is 0. The molecule has 0 aromatic heterocycles. The molecule has 0 spiro atoms. The molecule has 3 heteroatoms. The third kappa shape index (κ3) is 11.5. The summed E-state index contributed by atoms with van der Waals surface area (Å²) in [5, 5.41) is 9.44. The van der Waals surface area contributed by atoms with Crippen LogP contribution >= 0.6 is 0 Å². The molecule has 1 rings (SSSR count). The first kappa shape index (κ1) is 24.1. The minimum absolute atomic E-state index is 0.00989. The third-order valence-electron chi connectivity index (χ3n) is 5.37. The van der Waals surface area contributed by atoms with E-state index in [4.69, 9.17) is 0 Å². The Morgan fingerprint density at radius 2 is 1.33 bits per heavy atom. The topological polar surface area (TPSA) is 26.7 Å². The van der Waals surface area contributed by atoms with Crippen molar-refractivity contribution in [2.45, 2.75) is 67.2 Å². The summed E-state index contributed by atoms with van der Waals surface area (Å²) in [5.74, 6) is 0. The molecule has 0 aromatic rings. The smallest absolute Gasteiger partial charge is 0.0494 e. The number of rotatable bonds is 11. The molecule has 0 unspecified atom stereocenters. The molecule has 1 aliphatic heterocycles. The zero-order valence-electron chi connectivity index (χ0n) is 18.9. The van der Waals surface area contributed by atoms with E-state index in [1.807, 2.05) is 0 Å². The number of aliphatic hydroxyl groups excluding tert-OH is 1. The van der Waals surface area contributed by atoms with Crippen molar-refractivity contribution in [3.63, 3.8) is 0 Å². The molecule has 0 amide bonds. The van der Waals surface area contributed by atoms with Gasteiger partial charge in [0, 0.05) is 51.3 Å². The summed E-state index contributed by atoms with van der Waals surface area (Å²) in [5.41, 5.74) is 4.45. The Hall–Kier alpha value is -0.900. The van der Waals surface area contributed by atoms with E-state index in [0.29, 0.717) is 0 Å². The zero-order valence-corrected chi connectivity index (χ0v) is 18.9. The van der Waals surface area contributed by atoms with Gasteiger partial charge in [-0.3, -0.25) is 4.90 Å². The van der Waals surface area contributed by atoms with Crippen molar-refractivity contribution in [2.24, 2.45) is 5.41 Å². The normalized spacial score (nSPS) is 18.0. The Kier molecular flexibility index (Phi) is 11.2. The summed E-state index contributed by atoms with van der Waals surface area (Å²) < 4.78 is 0. The average Bonchev–Trinajstić information content (AvgIpc) is 2.60. The molecule has 3 nitrogen and oxygen atoms in total. The van der Waals surface area contributed by atoms with Crippen LogP contribution in [0.25, 0.3) is 0 Å². The van der Waals surface area contributed by atoms with Gasteiger partial charge in [-0.2, -0.15) is 0 Å². The molecule has 156 valence electrons. The van der Waals surface area contributed by atoms with Crippen molar-refractivity contribution < 1.29 is 5.11 Å². The summed E-state index contributed by atoms with van der Waals surface area (Å²) in [6.07, 6.45) is 11.8. The van der Waals surface area contributed by atoms with E-state index in [9.17, 15) is 5.11 Å². The highest BCUT2D eigenvalue weighted by molar-refractivity contribution is 5.06. The van der Waals surface area contributed by atoms with Crippen LogP contribution < -0.4 is 0 Å². The fraction of sp³-hybridized carbons (Fsp3) is 0.750. The van der Waals surface area contributed by atoms with Crippen LogP contribution in [0.5, 0.6) is 0 Å². The number of hydrogen-bond donors (Lipinski definition) is 1. The van der Waals surface area contributed by atoms with E-state index < -0.39 is 0 Å². The van der Waals surface area contributed by atoms with Crippen LogP contribution in [0.4, 0.5) is 0 Å². The fourth-order valence-electron chi connectivity index (χ4n) is 3.41. The molecule has 0 saturated carbocycles. The summed E-state index contributed by atoms with van der Waals surface area (Å²) in [4.78, 5) is 5.04. The van der Waals surface area contributed by atoms with Crippen LogP contribution in [0.3, 0.4) is 0 Å².